The van der Waals surface area contributed by atoms with Crippen molar-refractivity contribution in [3.05, 3.63) is 60.1 Å². The molecule has 2 aromatic heterocycles. The highest BCUT2D eigenvalue weighted by atomic mass is 35.5. The van der Waals surface area contributed by atoms with E-state index < -0.39 is 0 Å². The molecule has 7 heteroatoms. The Kier molecular flexibility index (Phi) is 6.90. The number of thioether (sulfide) groups is 1. The van der Waals surface area contributed by atoms with Crippen LogP contribution in [0.25, 0.3) is 11.6 Å². The number of aromatic nitrogens is 3. The monoisotopic (exact) mass is 364 g/mol. The van der Waals surface area contributed by atoms with Crippen LogP contribution < -0.4 is 5.73 Å². The molecular formula is C17H21ClN4OS. The lowest BCUT2D eigenvalue weighted by Crippen LogP contribution is -2.18. The Morgan fingerprint density at radius 1 is 1.21 bits per heavy atom. The Balaban J connectivity index is 0.00000208. The number of hydrogen-bond acceptors (Lipinski definition) is 5. The summed E-state index contributed by atoms with van der Waals surface area (Å²) in [5, 5.41) is 4.60. The molecule has 0 aliphatic heterocycles. The van der Waals surface area contributed by atoms with E-state index in [0.29, 0.717) is 18.1 Å². The molecule has 0 saturated carbocycles. The van der Waals surface area contributed by atoms with Gasteiger partial charge in [0.25, 0.3) is 0 Å². The number of nitrogens with two attached hydrogens (primary N) is 1. The van der Waals surface area contributed by atoms with E-state index in [4.69, 9.17) is 10.2 Å². The highest BCUT2D eigenvalue weighted by molar-refractivity contribution is 7.98. The lowest BCUT2D eigenvalue weighted by atomic mass is 10.2. The molecule has 2 N–H and O–H groups in total. The number of rotatable bonds is 7. The summed E-state index contributed by atoms with van der Waals surface area (Å²) in [5.74, 6) is 3.04. The van der Waals surface area contributed by atoms with Crippen molar-refractivity contribution in [3.63, 3.8) is 0 Å². The molecule has 0 bridgehead atoms. The van der Waals surface area contributed by atoms with Gasteiger partial charge in [-0.2, -0.15) is 11.8 Å². The number of hydrogen-bond donors (Lipinski definition) is 1. The summed E-state index contributed by atoms with van der Waals surface area (Å²) in [5.41, 5.74) is 7.50. The number of furan rings is 1. The largest absolute Gasteiger partial charge is 0.461 e. The van der Waals surface area contributed by atoms with Crippen molar-refractivity contribution in [2.45, 2.75) is 19.0 Å². The zero-order valence-corrected chi connectivity index (χ0v) is 15.1. The highest BCUT2D eigenvalue weighted by Gasteiger charge is 2.19. The van der Waals surface area contributed by atoms with Crippen molar-refractivity contribution >= 4 is 24.2 Å². The van der Waals surface area contributed by atoms with Crippen LogP contribution in [0.3, 0.4) is 0 Å². The first-order chi connectivity index (χ1) is 11.3. The molecule has 0 saturated heterocycles. The van der Waals surface area contributed by atoms with E-state index in [0.717, 1.165) is 18.0 Å². The molecule has 2 heterocycles. The van der Waals surface area contributed by atoms with Gasteiger partial charge in [0.05, 0.1) is 18.8 Å². The molecular weight excluding hydrogens is 344 g/mol. The minimum absolute atomic E-state index is 0. The molecule has 128 valence electrons. The van der Waals surface area contributed by atoms with Crippen molar-refractivity contribution in [3.8, 4) is 11.6 Å². The Bertz CT molecular complexity index is 730. The fourth-order valence-electron chi connectivity index (χ4n) is 2.39. The Morgan fingerprint density at radius 3 is 2.67 bits per heavy atom. The average Bonchev–Trinajstić information content (AvgIpc) is 3.23. The summed E-state index contributed by atoms with van der Waals surface area (Å²) in [7, 11) is 0. The van der Waals surface area contributed by atoms with Gasteiger partial charge in [-0.25, -0.2) is 9.67 Å². The van der Waals surface area contributed by atoms with E-state index in [-0.39, 0.29) is 18.4 Å². The van der Waals surface area contributed by atoms with Gasteiger partial charge in [-0.05, 0) is 36.1 Å². The van der Waals surface area contributed by atoms with Gasteiger partial charge in [0, 0.05) is 0 Å². The Morgan fingerprint density at radius 2 is 2.00 bits per heavy atom. The zero-order valence-electron chi connectivity index (χ0n) is 13.5. The van der Waals surface area contributed by atoms with Crippen molar-refractivity contribution in [1.82, 2.24) is 14.8 Å². The molecule has 0 amide bonds. The standard InChI is InChI=1S/C17H20N4OS.ClH/c1-23-11-9-14(18)17-19-16(15-8-5-10-22-15)20-21(17)12-13-6-3-2-4-7-13;/h2-8,10,14H,9,11-12,18H2,1H3;1H/t14-;/m0./s1. The number of nitrogens with zero attached hydrogens (tertiary/aromatic N) is 3. The number of halogens is 1. The van der Waals surface area contributed by atoms with Crippen molar-refractivity contribution in [2.24, 2.45) is 5.73 Å². The quantitative estimate of drug-likeness (QED) is 0.691. The predicted molar refractivity (Wildman–Crippen MR) is 100 cm³/mol. The molecule has 3 aromatic rings. The van der Waals surface area contributed by atoms with Crippen LogP contribution in [0.1, 0.15) is 23.9 Å². The third-order valence-corrected chi connectivity index (χ3v) is 4.23. The van der Waals surface area contributed by atoms with Crippen molar-refractivity contribution < 1.29 is 4.42 Å². The first kappa shape index (κ1) is 18.6. The third kappa shape index (κ3) is 4.41. The van der Waals surface area contributed by atoms with Gasteiger partial charge in [-0.15, -0.1) is 17.5 Å². The molecule has 0 fully saturated rings. The molecule has 3 rings (SSSR count). The van der Waals surface area contributed by atoms with Crippen LogP contribution in [0.15, 0.2) is 53.1 Å². The smallest absolute Gasteiger partial charge is 0.217 e. The maximum atomic E-state index is 6.33. The van der Waals surface area contributed by atoms with Gasteiger partial charge in [-0.1, -0.05) is 30.3 Å². The van der Waals surface area contributed by atoms with Crippen LogP contribution in [0.5, 0.6) is 0 Å². The summed E-state index contributed by atoms with van der Waals surface area (Å²) in [4.78, 5) is 4.63. The normalized spacial score (nSPS) is 11.9. The summed E-state index contributed by atoms with van der Waals surface area (Å²) in [6.45, 7) is 0.650. The van der Waals surface area contributed by atoms with Gasteiger partial charge in [-0.3, -0.25) is 0 Å². The second-order valence-electron chi connectivity index (χ2n) is 5.30. The first-order valence-electron chi connectivity index (χ1n) is 7.55. The van der Waals surface area contributed by atoms with Crippen molar-refractivity contribution in [1.29, 1.82) is 0 Å². The van der Waals surface area contributed by atoms with Crippen LogP contribution in [-0.2, 0) is 6.54 Å². The van der Waals surface area contributed by atoms with E-state index in [1.165, 1.54) is 5.56 Å². The van der Waals surface area contributed by atoms with Gasteiger partial charge in [0.2, 0.25) is 5.82 Å². The minimum atomic E-state index is -0.137. The second kappa shape index (κ2) is 8.92. The first-order valence-corrected chi connectivity index (χ1v) is 8.94. The molecule has 1 atom stereocenters. The number of benzene rings is 1. The molecule has 0 spiro atoms. The van der Waals surface area contributed by atoms with Crippen LogP contribution >= 0.6 is 24.2 Å². The molecule has 0 aliphatic carbocycles. The van der Waals surface area contributed by atoms with E-state index in [9.17, 15) is 0 Å². The van der Waals surface area contributed by atoms with Crippen LogP contribution in [0, 0.1) is 0 Å². The highest BCUT2D eigenvalue weighted by Crippen LogP contribution is 2.21. The maximum Gasteiger partial charge on any atom is 0.217 e. The van der Waals surface area contributed by atoms with Gasteiger partial charge >= 0.3 is 0 Å². The summed E-state index contributed by atoms with van der Waals surface area (Å²) < 4.78 is 7.30. The lowest BCUT2D eigenvalue weighted by molar-refractivity contribution is 0.561. The van der Waals surface area contributed by atoms with E-state index in [2.05, 4.69) is 28.5 Å². The van der Waals surface area contributed by atoms with E-state index >= 15 is 0 Å². The molecule has 0 radical (unpaired) electrons. The van der Waals surface area contributed by atoms with Crippen LogP contribution in [0.2, 0.25) is 0 Å². The minimum Gasteiger partial charge on any atom is -0.461 e. The predicted octanol–water partition coefficient (Wildman–Crippen LogP) is 3.76. The zero-order chi connectivity index (χ0) is 16.1. The third-order valence-electron chi connectivity index (χ3n) is 3.58. The topological polar surface area (TPSA) is 69.9 Å². The maximum absolute atomic E-state index is 6.33. The van der Waals surface area contributed by atoms with Gasteiger partial charge < -0.3 is 10.2 Å². The molecule has 1 aromatic carbocycles. The van der Waals surface area contributed by atoms with E-state index in [1.807, 2.05) is 35.0 Å². The lowest BCUT2D eigenvalue weighted by Gasteiger charge is -2.12. The SMILES string of the molecule is CSCC[C@H](N)c1nc(-c2ccco2)nn1Cc1ccccc1.Cl. The molecule has 5 nitrogen and oxygen atoms in total. The molecule has 0 aliphatic rings. The van der Waals surface area contributed by atoms with Gasteiger partial charge in [0.15, 0.2) is 5.76 Å². The van der Waals surface area contributed by atoms with E-state index in [1.54, 1.807) is 18.0 Å². The molecule has 0 unspecified atom stereocenters. The Hall–Kier alpha value is -1.76. The summed E-state index contributed by atoms with van der Waals surface area (Å²) in [6.07, 6.45) is 4.57. The van der Waals surface area contributed by atoms with Gasteiger partial charge in [0.1, 0.15) is 5.82 Å². The summed E-state index contributed by atoms with van der Waals surface area (Å²) >= 11 is 1.78. The second-order valence-corrected chi connectivity index (χ2v) is 6.29. The Labute approximate surface area is 152 Å². The fraction of sp³-hybridized carbons (Fsp3) is 0.294. The van der Waals surface area contributed by atoms with Crippen molar-refractivity contribution in [2.75, 3.05) is 12.0 Å². The average molecular weight is 365 g/mol. The van der Waals surface area contributed by atoms with Crippen LogP contribution in [0.4, 0.5) is 0 Å². The summed E-state index contributed by atoms with van der Waals surface area (Å²) in [6, 6.07) is 13.8. The molecule has 24 heavy (non-hydrogen) atoms. The fourth-order valence-corrected chi connectivity index (χ4v) is 2.87. The van der Waals surface area contributed by atoms with Crippen LogP contribution in [-0.4, -0.2) is 26.8 Å².